The first-order valence-corrected chi connectivity index (χ1v) is 9.78. The van der Waals surface area contributed by atoms with Gasteiger partial charge in [0.25, 0.3) is 5.91 Å². The summed E-state index contributed by atoms with van der Waals surface area (Å²) < 4.78 is 10.8. The van der Waals surface area contributed by atoms with Gasteiger partial charge in [-0.3, -0.25) is 9.69 Å². The molecule has 3 aromatic rings. The minimum atomic E-state index is -0.414. The standard InChI is InChI=1S/C24H22N2O4/c27-23(25-20-11-5-6-12-21(20)26-14-15-29-24(26)28)17-30-22-13-7-4-10-19(22)16-18-8-2-1-3-9-18/h1-13H,14-17H2,(H,25,27). The smallest absolute Gasteiger partial charge is 0.414 e. The molecular formula is C24H22N2O4. The Morgan fingerprint density at radius 1 is 0.967 bits per heavy atom. The molecule has 0 spiro atoms. The van der Waals surface area contributed by atoms with E-state index >= 15 is 0 Å². The Hall–Kier alpha value is -3.80. The van der Waals surface area contributed by atoms with E-state index < -0.39 is 6.09 Å². The Bertz CT molecular complexity index is 1040. The fourth-order valence-electron chi connectivity index (χ4n) is 3.36. The third kappa shape index (κ3) is 4.60. The number of hydrogen-bond acceptors (Lipinski definition) is 4. The molecular weight excluding hydrogens is 380 g/mol. The second kappa shape index (κ2) is 9.13. The lowest BCUT2D eigenvalue weighted by Crippen LogP contribution is -2.26. The number of cyclic esters (lactones) is 1. The molecule has 30 heavy (non-hydrogen) atoms. The summed E-state index contributed by atoms with van der Waals surface area (Å²) in [6, 6.07) is 24.9. The van der Waals surface area contributed by atoms with Crippen LogP contribution in [-0.2, 0) is 16.0 Å². The number of hydrogen-bond donors (Lipinski definition) is 1. The molecule has 1 N–H and O–H groups in total. The molecule has 152 valence electrons. The van der Waals surface area contributed by atoms with Crippen LogP contribution in [0.5, 0.6) is 5.75 Å². The zero-order valence-electron chi connectivity index (χ0n) is 16.4. The van der Waals surface area contributed by atoms with Gasteiger partial charge >= 0.3 is 6.09 Å². The monoisotopic (exact) mass is 402 g/mol. The molecule has 0 bridgehead atoms. The van der Waals surface area contributed by atoms with Crippen molar-refractivity contribution in [3.05, 3.63) is 90.0 Å². The predicted octanol–water partition coefficient (Wildman–Crippen LogP) is 4.25. The molecule has 6 heteroatoms. The highest BCUT2D eigenvalue weighted by Gasteiger charge is 2.26. The average Bonchev–Trinajstić information content (AvgIpc) is 3.20. The summed E-state index contributed by atoms with van der Waals surface area (Å²) in [4.78, 5) is 25.9. The molecule has 0 aliphatic carbocycles. The maximum atomic E-state index is 12.5. The van der Waals surface area contributed by atoms with E-state index in [4.69, 9.17) is 9.47 Å². The largest absolute Gasteiger partial charge is 0.483 e. The van der Waals surface area contributed by atoms with E-state index in [9.17, 15) is 9.59 Å². The van der Waals surface area contributed by atoms with Crippen LogP contribution < -0.4 is 15.0 Å². The SMILES string of the molecule is O=C(COc1ccccc1Cc1ccccc1)Nc1ccccc1N1CCOC1=O. The van der Waals surface area contributed by atoms with E-state index in [2.05, 4.69) is 17.4 Å². The van der Waals surface area contributed by atoms with Gasteiger partial charge in [0.15, 0.2) is 6.61 Å². The molecule has 6 nitrogen and oxygen atoms in total. The van der Waals surface area contributed by atoms with Crippen molar-refractivity contribution in [2.45, 2.75) is 6.42 Å². The van der Waals surface area contributed by atoms with Crippen LogP contribution >= 0.6 is 0 Å². The number of nitrogens with one attached hydrogen (secondary N) is 1. The molecule has 1 saturated heterocycles. The second-order valence-electron chi connectivity index (χ2n) is 6.89. The van der Waals surface area contributed by atoms with E-state index in [-0.39, 0.29) is 12.5 Å². The number of carbonyl (C=O) groups is 2. The Balaban J connectivity index is 1.41. The predicted molar refractivity (Wildman–Crippen MR) is 115 cm³/mol. The van der Waals surface area contributed by atoms with Gasteiger partial charge in [0, 0.05) is 6.42 Å². The zero-order chi connectivity index (χ0) is 20.8. The van der Waals surface area contributed by atoms with E-state index in [0.717, 1.165) is 12.0 Å². The van der Waals surface area contributed by atoms with Gasteiger partial charge in [-0.15, -0.1) is 0 Å². The van der Waals surface area contributed by atoms with Gasteiger partial charge in [-0.25, -0.2) is 4.79 Å². The Morgan fingerprint density at radius 2 is 1.70 bits per heavy atom. The summed E-state index contributed by atoms with van der Waals surface area (Å²) in [5.74, 6) is 0.373. The molecule has 1 aliphatic rings. The van der Waals surface area contributed by atoms with Gasteiger partial charge in [0.2, 0.25) is 0 Å². The summed E-state index contributed by atoms with van der Waals surface area (Å²) in [5.41, 5.74) is 3.33. The molecule has 1 fully saturated rings. The molecule has 0 atom stereocenters. The number of rotatable bonds is 7. The molecule has 3 aromatic carbocycles. The first-order chi connectivity index (χ1) is 14.7. The molecule has 1 heterocycles. The lowest BCUT2D eigenvalue weighted by atomic mass is 10.0. The second-order valence-corrected chi connectivity index (χ2v) is 6.89. The minimum absolute atomic E-state index is 0.134. The summed E-state index contributed by atoms with van der Waals surface area (Å²) in [6.45, 7) is 0.655. The zero-order valence-corrected chi connectivity index (χ0v) is 16.4. The molecule has 4 rings (SSSR count). The third-order valence-corrected chi connectivity index (χ3v) is 4.80. The van der Waals surface area contributed by atoms with Gasteiger partial charge < -0.3 is 14.8 Å². The fraction of sp³-hybridized carbons (Fsp3) is 0.167. The topological polar surface area (TPSA) is 67.9 Å². The van der Waals surface area contributed by atoms with Gasteiger partial charge in [-0.05, 0) is 29.3 Å². The number of nitrogens with zero attached hydrogens (tertiary/aromatic N) is 1. The number of carbonyl (C=O) groups excluding carboxylic acids is 2. The van der Waals surface area contributed by atoms with Gasteiger partial charge in [-0.1, -0.05) is 60.7 Å². The lowest BCUT2D eigenvalue weighted by molar-refractivity contribution is -0.118. The maximum Gasteiger partial charge on any atom is 0.414 e. The highest BCUT2D eigenvalue weighted by Crippen LogP contribution is 2.28. The first-order valence-electron chi connectivity index (χ1n) is 9.78. The summed E-state index contributed by atoms with van der Waals surface area (Å²) in [6.07, 6.45) is 0.307. The van der Waals surface area contributed by atoms with Crippen molar-refractivity contribution in [2.24, 2.45) is 0 Å². The summed E-state index contributed by atoms with van der Waals surface area (Å²) in [5, 5.41) is 2.83. The normalized spacial score (nSPS) is 13.1. The number of benzene rings is 3. The molecule has 0 unspecified atom stereocenters. The van der Waals surface area contributed by atoms with Gasteiger partial charge in [-0.2, -0.15) is 0 Å². The fourth-order valence-corrected chi connectivity index (χ4v) is 3.36. The van der Waals surface area contributed by atoms with Crippen molar-refractivity contribution in [2.75, 3.05) is 30.0 Å². The van der Waals surface area contributed by atoms with Crippen LogP contribution in [0.1, 0.15) is 11.1 Å². The molecule has 2 amide bonds. The van der Waals surface area contributed by atoms with Gasteiger partial charge in [0.05, 0.1) is 17.9 Å². The minimum Gasteiger partial charge on any atom is -0.483 e. The van der Waals surface area contributed by atoms with E-state index in [0.29, 0.717) is 30.3 Å². The third-order valence-electron chi connectivity index (χ3n) is 4.80. The van der Waals surface area contributed by atoms with Crippen molar-refractivity contribution in [1.29, 1.82) is 0 Å². The van der Waals surface area contributed by atoms with Crippen molar-refractivity contribution in [1.82, 2.24) is 0 Å². The quantitative estimate of drug-likeness (QED) is 0.642. The van der Waals surface area contributed by atoms with E-state index in [1.165, 1.54) is 10.5 Å². The van der Waals surface area contributed by atoms with Crippen molar-refractivity contribution < 1.29 is 19.1 Å². The molecule has 0 aromatic heterocycles. The Labute approximate surface area is 175 Å². The first kappa shape index (κ1) is 19.5. The highest BCUT2D eigenvalue weighted by molar-refractivity contribution is 6.00. The molecule has 0 radical (unpaired) electrons. The van der Waals surface area contributed by atoms with E-state index in [1.807, 2.05) is 48.5 Å². The van der Waals surface area contributed by atoms with Crippen LogP contribution in [0.25, 0.3) is 0 Å². The Kier molecular flexibility index (Phi) is 5.94. The number of para-hydroxylation sites is 3. The highest BCUT2D eigenvalue weighted by atomic mass is 16.6. The van der Waals surface area contributed by atoms with Gasteiger partial charge in [0.1, 0.15) is 12.4 Å². The van der Waals surface area contributed by atoms with Crippen molar-refractivity contribution in [3.8, 4) is 5.75 Å². The van der Waals surface area contributed by atoms with Crippen LogP contribution in [0.2, 0.25) is 0 Å². The Morgan fingerprint density at radius 3 is 2.50 bits per heavy atom. The molecule has 0 saturated carbocycles. The van der Waals surface area contributed by atoms with Crippen LogP contribution in [0.15, 0.2) is 78.9 Å². The average molecular weight is 402 g/mol. The number of anilines is 2. The maximum absolute atomic E-state index is 12.5. The van der Waals surface area contributed by atoms with E-state index in [1.54, 1.807) is 18.2 Å². The van der Waals surface area contributed by atoms with Crippen LogP contribution in [0.4, 0.5) is 16.2 Å². The lowest BCUT2D eigenvalue weighted by Gasteiger charge is -2.18. The number of amides is 2. The molecule has 1 aliphatic heterocycles. The van der Waals surface area contributed by atoms with Crippen LogP contribution in [-0.4, -0.2) is 31.8 Å². The van der Waals surface area contributed by atoms with Crippen LogP contribution in [0.3, 0.4) is 0 Å². The van der Waals surface area contributed by atoms with Crippen molar-refractivity contribution in [3.63, 3.8) is 0 Å². The summed E-state index contributed by atoms with van der Waals surface area (Å²) in [7, 11) is 0. The number of ether oxygens (including phenoxy) is 2. The van der Waals surface area contributed by atoms with Crippen molar-refractivity contribution >= 4 is 23.4 Å². The van der Waals surface area contributed by atoms with Crippen LogP contribution in [0, 0.1) is 0 Å². The summed E-state index contributed by atoms with van der Waals surface area (Å²) >= 11 is 0.